The lowest BCUT2D eigenvalue weighted by Gasteiger charge is -2.38. The number of halogens is 1. The second-order valence-electron chi connectivity index (χ2n) is 9.54. The second-order valence-corrected chi connectivity index (χ2v) is 9.89. The average Bonchev–Trinajstić information content (AvgIpc) is 3.40. The number of nitrogens with two attached hydrogens (primary N) is 1. The van der Waals surface area contributed by atoms with Crippen molar-refractivity contribution in [3.05, 3.63) is 46.1 Å². The fourth-order valence-electron chi connectivity index (χ4n) is 4.66. The van der Waals surface area contributed by atoms with Crippen LogP contribution in [0.4, 0.5) is 5.82 Å². The number of aliphatic imine (C=N–C) groups is 1. The first kappa shape index (κ1) is 24.0. The van der Waals surface area contributed by atoms with Gasteiger partial charge in [0.1, 0.15) is 6.54 Å². The molecule has 12 heteroatoms. The Balaban J connectivity index is 1.21. The molecule has 188 valence electrons. The Labute approximate surface area is 213 Å². The highest BCUT2D eigenvalue weighted by Crippen LogP contribution is 2.26. The maximum Gasteiger partial charge on any atom is 0.302 e. The van der Waals surface area contributed by atoms with Gasteiger partial charge in [-0.2, -0.15) is 4.99 Å². The zero-order valence-corrected chi connectivity index (χ0v) is 21.2. The Morgan fingerprint density at radius 1 is 1.17 bits per heavy atom. The van der Waals surface area contributed by atoms with Gasteiger partial charge in [0.2, 0.25) is 5.91 Å². The molecule has 2 fully saturated rings. The lowest BCUT2D eigenvalue weighted by atomic mass is 9.88. The summed E-state index contributed by atoms with van der Waals surface area (Å²) < 4.78 is 1.91. The molecule has 1 spiro atoms. The molecule has 1 aromatic carbocycles. The van der Waals surface area contributed by atoms with Gasteiger partial charge in [-0.1, -0.05) is 11.6 Å². The number of carbonyl (C=O) groups excluding carboxylic acids is 2. The fraction of sp³-hybridized carbons (Fsp3) is 0.417. The Kier molecular flexibility index (Phi) is 6.03. The van der Waals surface area contributed by atoms with E-state index in [0.717, 1.165) is 23.9 Å². The van der Waals surface area contributed by atoms with Crippen molar-refractivity contribution in [1.29, 1.82) is 0 Å². The van der Waals surface area contributed by atoms with Crippen LogP contribution in [-0.2, 0) is 11.3 Å². The number of guanidine groups is 1. The number of rotatable bonds is 3. The Bertz CT molecular complexity index is 1410. The zero-order chi connectivity index (χ0) is 25.6. The minimum atomic E-state index is -0.625. The monoisotopic (exact) mass is 509 g/mol. The van der Waals surface area contributed by atoms with E-state index < -0.39 is 5.91 Å². The number of nitrogens with one attached hydrogen (secondary N) is 2. The first-order valence-corrected chi connectivity index (χ1v) is 12.2. The first-order chi connectivity index (χ1) is 17.1. The van der Waals surface area contributed by atoms with Crippen molar-refractivity contribution in [1.82, 2.24) is 35.1 Å². The third kappa shape index (κ3) is 4.46. The van der Waals surface area contributed by atoms with Crippen LogP contribution in [0.1, 0.15) is 40.2 Å². The molecule has 0 radical (unpaired) electrons. The van der Waals surface area contributed by atoms with Crippen molar-refractivity contribution in [3.8, 4) is 0 Å². The number of likely N-dealkylation sites (tertiary alicyclic amines) is 1. The Morgan fingerprint density at radius 3 is 2.64 bits per heavy atom. The van der Waals surface area contributed by atoms with Crippen LogP contribution in [-0.4, -0.2) is 67.4 Å². The molecular weight excluding hydrogens is 482 g/mol. The fourth-order valence-corrected chi connectivity index (χ4v) is 4.79. The number of aromatic nitrogens is 4. The average molecular weight is 510 g/mol. The molecule has 2 aromatic heterocycles. The van der Waals surface area contributed by atoms with E-state index >= 15 is 0 Å². The van der Waals surface area contributed by atoms with Crippen molar-refractivity contribution >= 4 is 46.2 Å². The smallest absolute Gasteiger partial charge is 0.302 e. The van der Waals surface area contributed by atoms with E-state index in [1.165, 1.54) is 11.1 Å². The standard InChI is InChI=1S/C24H28ClN9O2/c1-13-8-16-17(9-14(13)2)34(12-28-16)10-18(35)33-6-4-24(5-7-33)11-27-23(32-24)31-22(36)19-21(26)29-15(3)20(25)30-19/h8-9,12H,4-7,10-11H2,1-3H3,(H2,26,29)(H2,27,31,32,36). The molecule has 2 saturated heterocycles. The molecule has 4 heterocycles. The maximum atomic E-state index is 13.1. The Morgan fingerprint density at radius 2 is 1.89 bits per heavy atom. The third-order valence-electron chi connectivity index (χ3n) is 7.05. The van der Waals surface area contributed by atoms with E-state index in [-0.39, 0.29) is 34.7 Å². The van der Waals surface area contributed by atoms with E-state index in [1.807, 2.05) is 15.5 Å². The van der Waals surface area contributed by atoms with Gasteiger partial charge >= 0.3 is 5.91 Å². The summed E-state index contributed by atoms with van der Waals surface area (Å²) in [6, 6.07) is 4.13. The maximum absolute atomic E-state index is 13.1. The molecule has 0 bridgehead atoms. The number of imidazole rings is 1. The van der Waals surface area contributed by atoms with E-state index in [1.54, 1.807) is 13.3 Å². The molecule has 0 unspecified atom stereocenters. The van der Waals surface area contributed by atoms with Crippen molar-refractivity contribution in [3.63, 3.8) is 0 Å². The van der Waals surface area contributed by atoms with Gasteiger partial charge in [-0.25, -0.2) is 15.0 Å². The van der Waals surface area contributed by atoms with Gasteiger partial charge < -0.3 is 25.8 Å². The van der Waals surface area contributed by atoms with Crippen LogP contribution in [0.2, 0.25) is 5.15 Å². The number of nitrogen functional groups attached to an aromatic ring is 1. The van der Waals surface area contributed by atoms with Crippen molar-refractivity contribution in [2.75, 3.05) is 25.4 Å². The molecule has 0 atom stereocenters. The summed E-state index contributed by atoms with van der Waals surface area (Å²) >= 11 is 5.99. The number of amides is 2. The Hall–Kier alpha value is -3.73. The number of hydrogen-bond acceptors (Lipinski definition) is 6. The van der Waals surface area contributed by atoms with Crippen LogP contribution >= 0.6 is 11.6 Å². The van der Waals surface area contributed by atoms with Crippen molar-refractivity contribution in [2.24, 2.45) is 4.99 Å². The highest BCUT2D eigenvalue weighted by atomic mass is 35.5. The zero-order valence-electron chi connectivity index (χ0n) is 20.4. The van der Waals surface area contributed by atoms with Gasteiger partial charge in [-0.3, -0.25) is 9.59 Å². The van der Waals surface area contributed by atoms with E-state index in [9.17, 15) is 9.59 Å². The van der Waals surface area contributed by atoms with Gasteiger partial charge in [0.05, 0.1) is 28.6 Å². The summed E-state index contributed by atoms with van der Waals surface area (Å²) in [6.45, 7) is 7.83. The van der Waals surface area contributed by atoms with Crippen LogP contribution in [0.5, 0.6) is 0 Å². The number of hydrogen-bond donors (Lipinski definition) is 3. The summed E-state index contributed by atoms with van der Waals surface area (Å²) in [6.07, 6.45) is 3.17. The summed E-state index contributed by atoms with van der Waals surface area (Å²) in [5, 5.41) is 6.60. The summed E-state index contributed by atoms with van der Waals surface area (Å²) in [5.74, 6) is -0.225. The lowest BCUT2D eigenvalue weighted by molar-refractivity contribution is -0.133. The van der Waals surface area contributed by atoms with Gasteiger partial charge in [0, 0.05) is 19.6 Å². The highest BCUT2D eigenvalue weighted by Gasteiger charge is 2.40. The molecule has 2 aliphatic heterocycles. The largest absolute Gasteiger partial charge is 0.382 e. The molecule has 11 nitrogen and oxygen atoms in total. The highest BCUT2D eigenvalue weighted by molar-refractivity contribution is 6.30. The molecule has 0 saturated carbocycles. The topological polar surface area (TPSA) is 143 Å². The van der Waals surface area contributed by atoms with Crippen LogP contribution in [0.25, 0.3) is 11.0 Å². The number of anilines is 1. The molecule has 3 aromatic rings. The van der Waals surface area contributed by atoms with Gasteiger partial charge in [0.15, 0.2) is 22.6 Å². The number of nitrogens with zero attached hydrogens (tertiary/aromatic N) is 6. The second kappa shape index (κ2) is 9.05. The third-order valence-corrected chi connectivity index (χ3v) is 7.41. The number of aryl methyl sites for hydroxylation is 3. The number of carbonyl (C=O) groups is 2. The number of piperidine rings is 1. The molecule has 2 aliphatic rings. The lowest BCUT2D eigenvalue weighted by Crippen LogP contribution is -2.54. The summed E-state index contributed by atoms with van der Waals surface area (Å²) in [4.78, 5) is 44.2. The van der Waals surface area contributed by atoms with Gasteiger partial charge in [-0.15, -0.1) is 0 Å². The minimum Gasteiger partial charge on any atom is -0.382 e. The van der Waals surface area contributed by atoms with Crippen molar-refractivity contribution < 1.29 is 9.59 Å². The predicted octanol–water partition coefficient (Wildman–Crippen LogP) is 1.74. The number of benzene rings is 1. The van der Waals surface area contributed by atoms with Gasteiger partial charge in [0.25, 0.3) is 0 Å². The molecule has 36 heavy (non-hydrogen) atoms. The van der Waals surface area contributed by atoms with Crippen LogP contribution < -0.4 is 16.4 Å². The van der Waals surface area contributed by atoms with Crippen LogP contribution in [0, 0.1) is 20.8 Å². The predicted molar refractivity (Wildman–Crippen MR) is 137 cm³/mol. The SMILES string of the molecule is Cc1cc2ncn(CC(=O)N3CCC4(CC3)CN/C(=N\C(=O)c3nc(Cl)c(C)nc3N)N4)c2cc1C. The molecule has 5 rings (SSSR count). The van der Waals surface area contributed by atoms with Crippen LogP contribution in [0.3, 0.4) is 0 Å². The quantitative estimate of drug-likeness (QED) is 0.484. The minimum absolute atomic E-state index is 0.0123. The number of fused-ring (bicyclic) bond motifs is 1. The molecular formula is C24H28ClN9O2. The van der Waals surface area contributed by atoms with E-state index in [0.29, 0.717) is 31.3 Å². The molecule has 2 amide bonds. The normalized spacial score (nSPS) is 18.0. The van der Waals surface area contributed by atoms with E-state index in [2.05, 4.69) is 50.5 Å². The van der Waals surface area contributed by atoms with Gasteiger partial charge in [-0.05, 0) is 56.9 Å². The first-order valence-electron chi connectivity index (χ1n) is 11.8. The van der Waals surface area contributed by atoms with Crippen molar-refractivity contribution in [2.45, 2.75) is 45.7 Å². The molecule has 4 N–H and O–H groups in total. The molecule has 0 aliphatic carbocycles. The summed E-state index contributed by atoms with van der Waals surface area (Å²) in [7, 11) is 0. The van der Waals surface area contributed by atoms with Crippen LogP contribution in [0.15, 0.2) is 23.5 Å². The summed E-state index contributed by atoms with van der Waals surface area (Å²) in [5.41, 5.74) is 10.1. The van der Waals surface area contributed by atoms with E-state index in [4.69, 9.17) is 17.3 Å².